The molecule has 1 aromatic heterocycles. The number of pyridine rings is 1. The molecule has 1 amide bonds. The van der Waals surface area contributed by atoms with Crippen LogP contribution in [0.3, 0.4) is 0 Å². The molecule has 0 radical (unpaired) electrons. The van der Waals surface area contributed by atoms with Gasteiger partial charge in [0.25, 0.3) is 0 Å². The number of nitrogens with zero attached hydrogens (tertiary/aromatic N) is 3. The van der Waals surface area contributed by atoms with E-state index in [4.69, 9.17) is 10.5 Å². The Bertz CT molecular complexity index is 1260. The van der Waals surface area contributed by atoms with Crippen LogP contribution in [0.1, 0.15) is 42.1 Å². The van der Waals surface area contributed by atoms with Crippen LogP contribution in [0.4, 0.5) is 10.1 Å². The largest absolute Gasteiger partial charge is 0.492 e. The number of hydrogen-bond acceptors (Lipinski definition) is 7. The van der Waals surface area contributed by atoms with Crippen LogP contribution in [0.25, 0.3) is 10.9 Å². The second-order valence-electron chi connectivity index (χ2n) is 7.99. The molecule has 5 rings (SSSR count). The number of benzene rings is 1. The van der Waals surface area contributed by atoms with E-state index >= 15 is 4.39 Å². The number of aromatic nitrogens is 1. The molecule has 8 nitrogen and oxygen atoms in total. The van der Waals surface area contributed by atoms with Gasteiger partial charge in [0.05, 0.1) is 34.7 Å². The highest BCUT2D eigenvalue weighted by atomic mass is 32.2. The minimum Gasteiger partial charge on any atom is -0.492 e. The highest BCUT2D eigenvalue weighted by Crippen LogP contribution is 2.49. The first kappa shape index (κ1) is 19.9. The molecule has 1 aromatic carbocycles. The van der Waals surface area contributed by atoms with Gasteiger partial charge in [-0.25, -0.2) is 4.39 Å². The van der Waals surface area contributed by atoms with E-state index in [1.54, 1.807) is 4.90 Å². The topological polar surface area (TPSA) is 118 Å². The van der Waals surface area contributed by atoms with Crippen LogP contribution < -0.4 is 20.8 Å². The molecule has 2 fully saturated rings. The number of amides is 1. The molecule has 2 aromatic rings. The quantitative estimate of drug-likeness (QED) is 0.770. The number of anilines is 1. The van der Waals surface area contributed by atoms with Gasteiger partial charge in [-0.3, -0.25) is 14.4 Å². The summed E-state index contributed by atoms with van der Waals surface area (Å²) >= 11 is 1.05. The summed E-state index contributed by atoms with van der Waals surface area (Å²) in [6.45, 7) is 0.425. The zero-order chi connectivity index (χ0) is 22.0. The van der Waals surface area contributed by atoms with Gasteiger partial charge in [0.2, 0.25) is 11.3 Å². The van der Waals surface area contributed by atoms with Crippen LogP contribution in [0, 0.1) is 17.1 Å². The maximum atomic E-state index is 15.4. The summed E-state index contributed by atoms with van der Waals surface area (Å²) in [5.74, 6) is -1.67. The second kappa shape index (κ2) is 6.99. The molecule has 160 valence electrons. The third-order valence-corrected chi connectivity index (χ3v) is 7.32. The summed E-state index contributed by atoms with van der Waals surface area (Å²) in [7, 11) is 1.39. The number of ether oxygens (including phenoxy) is 1. The molecule has 31 heavy (non-hydrogen) atoms. The Labute approximate surface area is 180 Å². The van der Waals surface area contributed by atoms with Gasteiger partial charge in [0.15, 0.2) is 22.6 Å². The maximum Gasteiger partial charge on any atom is 0.240 e. The predicted molar refractivity (Wildman–Crippen MR) is 112 cm³/mol. The summed E-state index contributed by atoms with van der Waals surface area (Å²) in [6.07, 6.45) is 2.84. The van der Waals surface area contributed by atoms with Crippen molar-refractivity contribution >= 4 is 40.0 Å². The van der Waals surface area contributed by atoms with Gasteiger partial charge in [-0.05, 0) is 31.7 Å². The highest BCUT2D eigenvalue weighted by molar-refractivity contribution is 8.01. The molecule has 0 spiro atoms. The number of ketones is 1. The van der Waals surface area contributed by atoms with Crippen LogP contribution in [-0.2, 0) is 4.79 Å². The van der Waals surface area contributed by atoms with Gasteiger partial charge >= 0.3 is 0 Å². The van der Waals surface area contributed by atoms with Crippen molar-refractivity contribution in [2.24, 2.45) is 5.73 Å². The number of fused-ring (bicyclic) bond motifs is 2. The van der Waals surface area contributed by atoms with E-state index < -0.39 is 34.2 Å². The van der Waals surface area contributed by atoms with Crippen molar-refractivity contribution in [3.8, 4) is 11.8 Å². The van der Waals surface area contributed by atoms with Gasteiger partial charge in [-0.15, -0.1) is 0 Å². The number of methoxy groups -OCH3 is 1. The minimum absolute atomic E-state index is 0.0207. The molecule has 1 saturated carbocycles. The van der Waals surface area contributed by atoms with Crippen molar-refractivity contribution in [2.45, 2.75) is 48.0 Å². The summed E-state index contributed by atoms with van der Waals surface area (Å²) in [5.41, 5.74) is 5.37. The monoisotopic (exact) mass is 442 g/mol. The molecule has 2 N–H and O–H groups in total. The van der Waals surface area contributed by atoms with Crippen molar-refractivity contribution in [1.82, 2.24) is 4.57 Å². The van der Waals surface area contributed by atoms with Gasteiger partial charge in [-0.2, -0.15) is 5.26 Å². The summed E-state index contributed by atoms with van der Waals surface area (Å²) in [4.78, 5) is 39.5. The molecule has 0 bridgehead atoms. The van der Waals surface area contributed by atoms with E-state index in [0.717, 1.165) is 30.7 Å². The Balaban J connectivity index is 1.87. The molecular weight excluding hydrogens is 423 g/mol. The lowest BCUT2D eigenvalue weighted by Gasteiger charge is -2.28. The lowest BCUT2D eigenvalue weighted by atomic mass is 10.0. The van der Waals surface area contributed by atoms with Crippen LogP contribution in [0.15, 0.2) is 15.9 Å². The Hall–Kier alpha value is -3.06. The standard InChI is InChI=1S/C21H19FN4O4S/c1-30-19-15-10(7-11(22)16(19)25-6-2-3-12(25)20(24)29)17(27)14-18(28)13(8-23)31-21(14)26(15)9-4-5-9/h7,9,12-13H,2-6H2,1H3,(H2,24,29). The molecule has 1 aliphatic carbocycles. The average Bonchev–Trinajstić information content (AvgIpc) is 3.35. The first-order valence-corrected chi connectivity index (χ1v) is 10.9. The molecule has 2 atom stereocenters. The number of nitriles is 1. The molecule has 3 aliphatic rings. The number of hydrogen-bond donors (Lipinski definition) is 1. The van der Waals surface area contributed by atoms with E-state index in [9.17, 15) is 19.6 Å². The fraction of sp³-hybridized carbons (Fsp3) is 0.429. The number of primary amides is 1. The maximum absolute atomic E-state index is 15.4. The Morgan fingerprint density at radius 2 is 2.10 bits per heavy atom. The van der Waals surface area contributed by atoms with Crippen LogP contribution in [-0.4, -0.2) is 41.2 Å². The first-order valence-electron chi connectivity index (χ1n) is 10.0. The first-order chi connectivity index (χ1) is 14.9. The molecule has 1 saturated heterocycles. The lowest BCUT2D eigenvalue weighted by Crippen LogP contribution is -2.41. The molecule has 3 heterocycles. The fourth-order valence-electron chi connectivity index (χ4n) is 4.66. The van der Waals surface area contributed by atoms with Crippen LogP contribution in [0.2, 0.25) is 0 Å². The zero-order valence-electron chi connectivity index (χ0n) is 16.7. The van der Waals surface area contributed by atoms with Crippen molar-refractivity contribution < 1.29 is 18.7 Å². The van der Waals surface area contributed by atoms with Crippen molar-refractivity contribution in [3.63, 3.8) is 0 Å². The predicted octanol–water partition coefficient (Wildman–Crippen LogP) is 2.12. The van der Waals surface area contributed by atoms with Crippen molar-refractivity contribution in [2.75, 3.05) is 18.6 Å². The SMILES string of the molecule is COc1c(N2CCCC2C(N)=O)c(F)cc2c(=O)c3c(n(C4CC4)c12)SC(C#N)C3=O. The van der Waals surface area contributed by atoms with E-state index in [2.05, 4.69) is 0 Å². The van der Waals surface area contributed by atoms with Gasteiger partial charge in [0, 0.05) is 12.6 Å². The molecular formula is C21H19FN4O4S. The fourth-order valence-corrected chi connectivity index (χ4v) is 5.82. The highest BCUT2D eigenvalue weighted by Gasteiger charge is 2.42. The second-order valence-corrected chi connectivity index (χ2v) is 9.09. The zero-order valence-corrected chi connectivity index (χ0v) is 17.5. The summed E-state index contributed by atoms with van der Waals surface area (Å²) < 4.78 is 22.9. The van der Waals surface area contributed by atoms with E-state index in [0.29, 0.717) is 29.9 Å². The number of thioether (sulfide) groups is 1. The summed E-state index contributed by atoms with van der Waals surface area (Å²) in [5, 5.41) is 8.82. The van der Waals surface area contributed by atoms with E-state index in [-0.39, 0.29) is 28.4 Å². The number of Topliss-reactive ketones (excluding diaryl/α,β-unsaturated/α-hetero) is 1. The normalized spacial score (nSPS) is 22.6. The minimum atomic E-state index is -1.00. The van der Waals surface area contributed by atoms with E-state index in [1.165, 1.54) is 7.11 Å². The number of carbonyl (C=O) groups is 2. The Morgan fingerprint density at radius 3 is 2.71 bits per heavy atom. The summed E-state index contributed by atoms with van der Waals surface area (Å²) in [6, 6.07) is 2.40. The van der Waals surface area contributed by atoms with Gasteiger partial charge < -0.3 is 19.9 Å². The van der Waals surface area contributed by atoms with Crippen LogP contribution >= 0.6 is 11.8 Å². The molecule has 2 aliphatic heterocycles. The lowest BCUT2D eigenvalue weighted by molar-refractivity contribution is -0.119. The van der Waals surface area contributed by atoms with Gasteiger partial charge in [-0.1, -0.05) is 11.8 Å². The smallest absolute Gasteiger partial charge is 0.240 e. The van der Waals surface area contributed by atoms with Crippen LogP contribution in [0.5, 0.6) is 5.75 Å². The third-order valence-electron chi connectivity index (χ3n) is 6.14. The Morgan fingerprint density at radius 1 is 1.35 bits per heavy atom. The van der Waals surface area contributed by atoms with Crippen molar-refractivity contribution in [3.05, 3.63) is 27.7 Å². The number of nitrogens with two attached hydrogens (primary N) is 1. The molecule has 10 heteroatoms. The number of carbonyl (C=O) groups excluding carboxylic acids is 2. The van der Waals surface area contributed by atoms with E-state index in [1.807, 2.05) is 10.6 Å². The third kappa shape index (κ3) is 2.76. The van der Waals surface area contributed by atoms with Crippen molar-refractivity contribution in [1.29, 1.82) is 5.26 Å². The number of rotatable bonds is 4. The number of halogens is 1. The van der Waals surface area contributed by atoms with Gasteiger partial charge in [0.1, 0.15) is 11.7 Å². The average molecular weight is 442 g/mol. The Kier molecular flexibility index (Phi) is 4.48. The molecule has 2 unspecified atom stereocenters.